The number of nitrogens with zero attached hydrogens (tertiary/aromatic N) is 4. The molecule has 0 aromatic carbocycles. The summed E-state index contributed by atoms with van der Waals surface area (Å²) in [4.78, 5) is 9.41. The first-order valence-electron chi connectivity index (χ1n) is 9.45. The molecule has 0 spiro atoms. The number of piperidine rings is 1. The van der Waals surface area contributed by atoms with Gasteiger partial charge < -0.3 is 9.26 Å². The van der Waals surface area contributed by atoms with E-state index in [-0.39, 0.29) is 0 Å². The first kappa shape index (κ1) is 17.6. The zero-order chi connectivity index (χ0) is 18.1. The third-order valence-electron chi connectivity index (χ3n) is 6.03. The number of rotatable bonds is 5. The van der Waals surface area contributed by atoms with E-state index in [1.807, 2.05) is 39.4 Å². The molecule has 0 N–H and O–H groups in total. The van der Waals surface area contributed by atoms with Crippen LogP contribution in [0.5, 0.6) is 0 Å². The van der Waals surface area contributed by atoms with Gasteiger partial charge in [-0.1, -0.05) is 11.2 Å². The van der Waals surface area contributed by atoms with Gasteiger partial charge in [-0.2, -0.15) is 0 Å². The molecular weight excluding hydrogens is 328 g/mol. The van der Waals surface area contributed by atoms with Crippen molar-refractivity contribution in [3.8, 4) is 0 Å². The fourth-order valence-electron chi connectivity index (χ4n) is 4.62. The van der Waals surface area contributed by atoms with Gasteiger partial charge in [-0.05, 0) is 31.9 Å². The maximum absolute atomic E-state index is 5.84. The Labute approximate surface area is 155 Å². The molecule has 4 heterocycles. The molecule has 0 unspecified atom stereocenters. The van der Waals surface area contributed by atoms with Crippen molar-refractivity contribution in [1.82, 2.24) is 19.9 Å². The number of hydrogen-bond donors (Lipinski definition) is 0. The lowest BCUT2D eigenvalue weighted by Gasteiger charge is -2.41. The van der Waals surface area contributed by atoms with Crippen LogP contribution in [0.1, 0.15) is 29.0 Å². The first-order valence-corrected chi connectivity index (χ1v) is 9.45. The molecule has 4 rings (SSSR count). The van der Waals surface area contributed by atoms with Crippen LogP contribution >= 0.6 is 0 Å². The summed E-state index contributed by atoms with van der Waals surface area (Å²) in [6, 6.07) is 4.68. The van der Waals surface area contributed by atoms with Gasteiger partial charge in [-0.15, -0.1) is 0 Å². The molecule has 2 aliphatic heterocycles. The topological polar surface area (TPSA) is 54.6 Å². The van der Waals surface area contributed by atoms with Crippen LogP contribution in [-0.2, 0) is 17.8 Å². The Hall–Kier alpha value is -1.76. The normalized spacial score (nSPS) is 27.0. The van der Waals surface area contributed by atoms with Crippen LogP contribution in [0.2, 0.25) is 0 Å². The van der Waals surface area contributed by atoms with E-state index in [4.69, 9.17) is 9.26 Å². The highest BCUT2D eigenvalue weighted by Gasteiger charge is 2.44. The molecule has 0 bridgehead atoms. The highest BCUT2D eigenvalue weighted by atomic mass is 16.5. The summed E-state index contributed by atoms with van der Waals surface area (Å²) >= 11 is 0. The van der Waals surface area contributed by atoms with Gasteiger partial charge in [0.1, 0.15) is 5.76 Å². The average molecular weight is 356 g/mol. The van der Waals surface area contributed by atoms with Crippen molar-refractivity contribution >= 4 is 0 Å². The van der Waals surface area contributed by atoms with Gasteiger partial charge in [-0.25, -0.2) is 0 Å². The van der Waals surface area contributed by atoms with Crippen LogP contribution in [0.4, 0.5) is 0 Å². The van der Waals surface area contributed by atoms with Crippen molar-refractivity contribution in [3.63, 3.8) is 0 Å². The minimum Gasteiger partial charge on any atom is -0.381 e. The molecule has 2 aromatic heterocycles. The Balaban J connectivity index is 1.50. The number of pyridine rings is 1. The lowest BCUT2D eigenvalue weighted by atomic mass is 9.88. The molecule has 0 radical (unpaired) electrons. The molecule has 0 amide bonds. The quantitative estimate of drug-likeness (QED) is 0.820. The third kappa shape index (κ3) is 3.41. The standard InChI is InChI=1S/C20H28N4O2/c1-14-17(15(2)26-22-14)12-24-8-6-20(25-3)18-11-23(13-19(18)24)10-16-5-4-7-21-9-16/h4-5,7,9,18-20H,6,8,10-13H2,1-3H3/t18-,19+,20+/m0/s1. The molecule has 6 nitrogen and oxygen atoms in total. The van der Waals surface area contributed by atoms with Crippen LogP contribution in [0, 0.1) is 19.8 Å². The Kier molecular flexibility index (Phi) is 5.07. The Morgan fingerprint density at radius 3 is 2.85 bits per heavy atom. The molecule has 2 fully saturated rings. The zero-order valence-electron chi connectivity index (χ0n) is 15.9. The summed E-state index contributed by atoms with van der Waals surface area (Å²) in [5.74, 6) is 1.49. The molecule has 2 aromatic rings. The van der Waals surface area contributed by atoms with E-state index in [1.165, 1.54) is 11.1 Å². The Bertz CT molecular complexity index is 713. The van der Waals surface area contributed by atoms with Gasteiger partial charge in [0.05, 0.1) is 11.8 Å². The van der Waals surface area contributed by atoms with E-state index in [1.54, 1.807) is 0 Å². The molecule has 0 saturated carbocycles. The van der Waals surface area contributed by atoms with E-state index in [0.717, 1.165) is 50.6 Å². The maximum Gasteiger partial charge on any atom is 0.138 e. The monoisotopic (exact) mass is 356 g/mol. The van der Waals surface area contributed by atoms with E-state index in [9.17, 15) is 0 Å². The molecule has 6 heteroatoms. The van der Waals surface area contributed by atoms with Crippen LogP contribution in [0.15, 0.2) is 29.0 Å². The van der Waals surface area contributed by atoms with Gasteiger partial charge >= 0.3 is 0 Å². The fourth-order valence-corrected chi connectivity index (χ4v) is 4.62. The van der Waals surface area contributed by atoms with Gasteiger partial charge in [0.25, 0.3) is 0 Å². The predicted octanol–water partition coefficient (Wildman–Crippen LogP) is 2.41. The van der Waals surface area contributed by atoms with Gasteiger partial charge in [0.2, 0.25) is 0 Å². The van der Waals surface area contributed by atoms with Gasteiger partial charge in [-0.3, -0.25) is 14.8 Å². The number of aromatic nitrogens is 2. The number of fused-ring (bicyclic) bond motifs is 1. The van der Waals surface area contributed by atoms with Crippen molar-refractivity contribution in [2.75, 3.05) is 26.7 Å². The summed E-state index contributed by atoms with van der Waals surface area (Å²) in [6.45, 7) is 9.13. The maximum atomic E-state index is 5.84. The summed E-state index contributed by atoms with van der Waals surface area (Å²) in [5.41, 5.74) is 3.53. The minimum absolute atomic E-state index is 0.347. The van der Waals surface area contributed by atoms with Gasteiger partial charge in [0, 0.05) is 69.8 Å². The number of hydrogen-bond acceptors (Lipinski definition) is 6. The van der Waals surface area contributed by atoms with Crippen LogP contribution in [0.3, 0.4) is 0 Å². The number of methoxy groups -OCH3 is 1. The second kappa shape index (κ2) is 7.47. The van der Waals surface area contributed by atoms with E-state index in [2.05, 4.69) is 26.0 Å². The largest absolute Gasteiger partial charge is 0.381 e. The number of ether oxygens (including phenoxy) is 1. The van der Waals surface area contributed by atoms with Gasteiger partial charge in [0.15, 0.2) is 0 Å². The molecule has 3 atom stereocenters. The van der Waals surface area contributed by atoms with Crippen molar-refractivity contribution < 1.29 is 9.26 Å². The smallest absolute Gasteiger partial charge is 0.138 e. The number of likely N-dealkylation sites (tertiary alicyclic amines) is 2. The van der Waals surface area contributed by atoms with E-state index in [0.29, 0.717) is 18.1 Å². The number of aryl methyl sites for hydroxylation is 2. The highest BCUT2D eigenvalue weighted by molar-refractivity contribution is 5.21. The van der Waals surface area contributed by atoms with E-state index < -0.39 is 0 Å². The lowest BCUT2D eigenvalue weighted by molar-refractivity contribution is -0.0246. The molecule has 2 aliphatic rings. The predicted molar refractivity (Wildman–Crippen MR) is 98.6 cm³/mol. The Morgan fingerprint density at radius 1 is 1.27 bits per heavy atom. The van der Waals surface area contributed by atoms with Crippen molar-refractivity contribution in [2.24, 2.45) is 5.92 Å². The molecule has 140 valence electrons. The van der Waals surface area contributed by atoms with Crippen LogP contribution < -0.4 is 0 Å². The molecule has 2 saturated heterocycles. The molecule has 26 heavy (non-hydrogen) atoms. The average Bonchev–Trinajstić information content (AvgIpc) is 3.21. The summed E-state index contributed by atoms with van der Waals surface area (Å²) in [6.07, 6.45) is 5.23. The zero-order valence-corrected chi connectivity index (χ0v) is 15.9. The lowest BCUT2D eigenvalue weighted by Crippen LogP contribution is -2.50. The molecular formula is C20H28N4O2. The first-order chi connectivity index (χ1) is 12.7. The van der Waals surface area contributed by atoms with Crippen LogP contribution in [0.25, 0.3) is 0 Å². The fraction of sp³-hybridized carbons (Fsp3) is 0.600. The SMILES string of the molecule is CO[C@@H]1CCN(Cc2c(C)noc2C)[C@@H]2CN(Cc3cccnc3)C[C@@H]21. The highest BCUT2D eigenvalue weighted by Crippen LogP contribution is 2.34. The van der Waals surface area contributed by atoms with Crippen molar-refractivity contribution in [1.29, 1.82) is 0 Å². The van der Waals surface area contributed by atoms with Crippen molar-refractivity contribution in [2.45, 2.75) is 45.5 Å². The van der Waals surface area contributed by atoms with E-state index >= 15 is 0 Å². The third-order valence-corrected chi connectivity index (χ3v) is 6.03. The second-order valence-corrected chi connectivity index (χ2v) is 7.62. The summed E-state index contributed by atoms with van der Waals surface area (Å²) < 4.78 is 11.2. The molecule has 0 aliphatic carbocycles. The Morgan fingerprint density at radius 2 is 2.15 bits per heavy atom. The summed E-state index contributed by atoms with van der Waals surface area (Å²) in [7, 11) is 1.86. The summed E-state index contributed by atoms with van der Waals surface area (Å²) in [5, 5.41) is 4.13. The van der Waals surface area contributed by atoms with Crippen molar-refractivity contribution in [3.05, 3.63) is 47.1 Å². The second-order valence-electron chi connectivity index (χ2n) is 7.62. The minimum atomic E-state index is 0.347. The van der Waals surface area contributed by atoms with Crippen LogP contribution in [-0.4, -0.2) is 58.8 Å².